The van der Waals surface area contributed by atoms with Crippen molar-refractivity contribution < 1.29 is 18.0 Å². The molecular weight excluding hydrogens is 414 g/mol. The van der Waals surface area contributed by atoms with Gasteiger partial charge in [0.1, 0.15) is 4.90 Å². The van der Waals surface area contributed by atoms with Crippen molar-refractivity contribution in [3.63, 3.8) is 0 Å². The van der Waals surface area contributed by atoms with Crippen molar-refractivity contribution in [1.29, 1.82) is 0 Å². The van der Waals surface area contributed by atoms with Crippen LogP contribution in [-0.2, 0) is 25.0 Å². The highest BCUT2D eigenvalue weighted by atomic mass is 32.2. The van der Waals surface area contributed by atoms with E-state index in [1.807, 2.05) is 13.8 Å². The summed E-state index contributed by atoms with van der Waals surface area (Å²) in [6, 6.07) is 11.9. The van der Waals surface area contributed by atoms with Crippen molar-refractivity contribution >= 4 is 33.2 Å². The lowest BCUT2D eigenvalue weighted by molar-refractivity contribution is -0.124. The van der Waals surface area contributed by atoms with Gasteiger partial charge in [-0.25, -0.2) is 8.42 Å². The zero-order valence-electron chi connectivity index (χ0n) is 18.3. The van der Waals surface area contributed by atoms with Crippen molar-refractivity contribution in [2.45, 2.75) is 63.3 Å². The Morgan fingerprint density at radius 2 is 1.74 bits per heavy atom. The third-order valence-electron chi connectivity index (χ3n) is 5.60. The van der Waals surface area contributed by atoms with Crippen LogP contribution in [0.5, 0.6) is 0 Å². The molecule has 0 bridgehead atoms. The molecular formula is C23H29N3O4S. The lowest BCUT2D eigenvalue weighted by atomic mass is 9.94. The van der Waals surface area contributed by atoms with Gasteiger partial charge in [-0.3, -0.25) is 14.3 Å². The fourth-order valence-electron chi connectivity index (χ4n) is 3.45. The number of carbonyl (C=O) groups excluding carboxylic acids is 2. The molecule has 0 unspecified atom stereocenters. The zero-order valence-corrected chi connectivity index (χ0v) is 19.1. The molecule has 0 radical (unpaired) electrons. The van der Waals surface area contributed by atoms with E-state index < -0.39 is 15.4 Å². The molecule has 0 aromatic heterocycles. The van der Waals surface area contributed by atoms with Gasteiger partial charge in [0.05, 0.1) is 11.1 Å². The van der Waals surface area contributed by atoms with Crippen LogP contribution in [0, 0.1) is 6.92 Å². The van der Waals surface area contributed by atoms with Gasteiger partial charge in [-0.15, -0.1) is 0 Å². The number of nitrogens with one attached hydrogen (secondary N) is 3. The molecule has 31 heavy (non-hydrogen) atoms. The molecule has 3 rings (SSSR count). The van der Waals surface area contributed by atoms with Crippen molar-refractivity contribution in [1.82, 2.24) is 5.32 Å². The van der Waals surface area contributed by atoms with Crippen LogP contribution in [0.4, 0.5) is 11.4 Å². The first-order valence-corrected chi connectivity index (χ1v) is 11.9. The summed E-state index contributed by atoms with van der Waals surface area (Å²) in [4.78, 5) is 24.1. The Morgan fingerprint density at radius 3 is 2.29 bits per heavy atom. The second-order valence-electron chi connectivity index (χ2n) is 8.23. The highest BCUT2D eigenvalue weighted by Gasteiger charge is 2.51. The summed E-state index contributed by atoms with van der Waals surface area (Å²) in [5, 5.41) is 5.61. The molecule has 2 amide bonds. The number of hydrogen-bond acceptors (Lipinski definition) is 4. The Morgan fingerprint density at radius 1 is 1.10 bits per heavy atom. The second-order valence-corrected chi connectivity index (χ2v) is 9.88. The predicted molar refractivity (Wildman–Crippen MR) is 122 cm³/mol. The Hall–Kier alpha value is -2.87. The first kappa shape index (κ1) is 22.8. The Labute approximate surface area is 183 Å². The quantitative estimate of drug-likeness (QED) is 0.579. The Balaban J connectivity index is 1.81. The van der Waals surface area contributed by atoms with Gasteiger partial charge in [0.25, 0.3) is 10.0 Å². The van der Waals surface area contributed by atoms with Gasteiger partial charge in [0.15, 0.2) is 0 Å². The number of benzene rings is 2. The van der Waals surface area contributed by atoms with Gasteiger partial charge >= 0.3 is 0 Å². The van der Waals surface area contributed by atoms with Crippen LogP contribution in [0.2, 0.25) is 0 Å². The smallest absolute Gasteiger partial charge is 0.263 e. The summed E-state index contributed by atoms with van der Waals surface area (Å²) in [5.74, 6) is -0.329. The van der Waals surface area contributed by atoms with E-state index in [0.717, 1.165) is 30.4 Å². The van der Waals surface area contributed by atoms with Crippen molar-refractivity contribution in [3.05, 3.63) is 53.6 Å². The SMILES string of the molecule is CC[C@H](C)NC(=O)C1(c2ccc(NS(=O)(=O)c3cc(C)ccc3NC(C)=O)cc2)CC1. The molecule has 2 aromatic carbocycles. The average molecular weight is 444 g/mol. The van der Waals surface area contributed by atoms with E-state index in [1.54, 1.807) is 43.3 Å². The molecule has 1 atom stereocenters. The minimum absolute atomic E-state index is 0.00151. The fraction of sp³-hybridized carbons (Fsp3) is 0.391. The highest BCUT2D eigenvalue weighted by Crippen LogP contribution is 2.48. The molecule has 3 N–H and O–H groups in total. The zero-order chi connectivity index (χ0) is 22.8. The first-order valence-electron chi connectivity index (χ1n) is 10.4. The topological polar surface area (TPSA) is 104 Å². The normalized spacial score (nSPS) is 15.6. The van der Waals surface area contributed by atoms with Gasteiger partial charge in [-0.2, -0.15) is 0 Å². The summed E-state index contributed by atoms with van der Waals surface area (Å²) in [6.07, 6.45) is 2.43. The molecule has 0 heterocycles. The van der Waals surface area contributed by atoms with Gasteiger partial charge in [0, 0.05) is 18.7 Å². The summed E-state index contributed by atoms with van der Waals surface area (Å²) >= 11 is 0. The third kappa shape index (κ3) is 5.07. The number of sulfonamides is 1. The average Bonchev–Trinajstić information content (AvgIpc) is 3.51. The van der Waals surface area contributed by atoms with Gasteiger partial charge < -0.3 is 10.6 Å². The molecule has 1 fully saturated rings. The Bertz CT molecular complexity index is 1090. The predicted octanol–water partition coefficient (Wildman–Crippen LogP) is 3.70. The minimum Gasteiger partial charge on any atom is -0.353 e. The van der Waals surface area contributed by atoms with E-state index in [9.17, 15) is 18.0 Å². The lowest BCUT2D eigenvalue weighted by Crippen LogP contribution is -2.39. The molecule has 2 aromatic rings. The monoisotopic (exact) mass is 443 g/mol. The van der Waals surface area contributed by atoms with Crippen molar-refractivity contribution in [2.75, 3.05) is 10.0 Å². The largest absolute Gasteiger partial charge is 0.353 e. The van der Waals surface area contributed by atoms with E-state index in [1.165, 1.54) is 13.0 Å². The van der Waals surface area contributed by atoms with Crippen LogP contribution in [0.1, 0.15) is 51.2 Å². The standard InChI is InChI=1S/C23H29N3O4S/c1-5-16(3)24-22(28)23(12-13-23)18-7-9-19(10-8-18)26-31(29,30)21-14-15(2)6-11-20(21)25-17(4)27/h6-11,14,16,26H,5,12-13H2,1-4H3,(H,24,28)(H,25,27)/t16-/m0/s1. The van der Waals surface area contributed by atoms with E-state index in [-0.39, 0.29) is 28.4 Å². The number of anilines is 2. The summed E-state index contributed by atoms with van der Waals surface area (Å²) in [6.45, 7) is 7.11. The molecule has 1 saturated carbocycles. The molecule has 0 saturated heterocycles. The van der Waals surface area contributed by atoms with Crippen LogP contribution in [0.15, 0.2) is 47.4 Å². The van der Waals surface area contributed by atoms with Crippen LogP contribution in [0.3, 0.4) is 0 Å². The van der Waals surface area contributed by atoms with Crippen molar-refractivity contribution in [3.8, 4) is 0 Å². The maximum atomic E-state index is 13.0. The molecule has 7 nitrogen and oxygen atoms in total. The van der Waals surface area contributed by atoms with E-state index in [4.69, 9.17) is 0 Å². The number of amides is 2. The molecule has 8 heteroatoms. The van der Waals surface area contributed by atoms with E-state index >= 15 is 0 Å². The first-order chi connectivity index (χ1) is 14.6. The van der Waals surface area contributed by atoms with Crippen LogP contribution < -0.4 is 15.4 Å². The maximum absolute atomic E-state index is 13.0. The third-order valence-corrected chi connectivity index (χ3v) is 7.02. The number of hydrogen-bond donors (Lipinski definition) is 3. The number of carbonyl (C=O) groups is 2. The molecule has 1 aliphatic rings. The van der Waals surface area contributed by atoms with E-state index in [0.29, 0.717) is 5.69 Å². The summed E-state index contributed by atoms with van der Waals surface area (Å²) < 4.78 is 28.5. The van der Waals surface area contributed by atoms with Gasteiger partial charge in [-0.05, 0) is 68.5 Å². The van der Waals surface area contributed by atoms with Gasteiger partial charge in [-0.1, -0.05) is 25.1 Å². The molecule has 0 spiro atoms. The van der Waals surface area contributed by atoms with Crippen LogP contribution in [-0.4, -0.2) is 26.3 Å². The number of aryl methyl sites for hydroxylation is 1. The minimum atomic E-state index is -3.92. The molecule has 1 aliphatic carbocycles. The van der Waals surface area contributed by atoms with Crippen LogP contribution >= 0.6 is 0 Å². The summed E-state index contributed by atoms with van der Waals surface area (Å²) in [5.41, 5.74) is 1.73. The van der Waals surface area contributed by atoms with Crippen molar-refractivity contribution in [2.24, 2.45) is 0 Å². The lowest BCUT2D eigenvalue weighted by Gasteiger charge is -2.19. The second kappa shape index (κ2) is 8.70. The molecule has 0 aliphatic heterocycles. The summed E-state index contributed by atoms with van der Waals surface area (Å²) in [7, 11) is -3.92. The fourth-order valence-corrected chi connectivity index (χ4v) is 4.75. The van der Waals surface area contributed by atoms with E-state index in [2.05, 4.69) is 15.4 Å². The Kier molecular flexibility index (Phi) is 6.40. The maximum Gasteiger partial charge on any atom is 0.263 e. The number of rotatable bonds is 8. The van der Waals surface area contributed by atoms with Gasteiger partial charge in [0.2, 0.25) is 11.8 Å². The highest BCUT2D eigenvalue weighted by molar-refractivity contribution is 7.92. The van der Waals surface area contributed by atoms with Crippen LogP contribution in [0.25, 0.3) is 0 Å². The molecule has 166 valence electrons.